The molecule has 88 valence electrons. The summed E-state index contributed by atoms with van der Waals surface area (Å²) >= 11 is 0. The van der Waals surface area contributed by atoms with Crippen molar-refractivity contribution in [3.05, 3.63) is 0 Å². The van der Waals surface area contributed by atoms with Gasteiger partial charge < -0.3 is 10.6 Å². The Bertz CT molecular complexity index is 193. The fourth-order valence-electron chi connectivity index (χ4n) is 3.36. The molecular formula is C13H26N2. The highest BCUT2D eigenvalue weighted by atomic mass is 15.1. The van der Waals surface area contributed by atoms with Gasteiger partial charge in [0.25, 0.3) is 0 Å². The van der Waals surface area contributed by atoms with Gasteiger partial charge in [0, 0.05) is 13.1 Å². The van der Waals surface area contributed by atoms with Gasteiger partial charge in [-0.2, -0.15) is 0 Å². The summed E-state index contributed by atoms with van der Waals surface area (Å²) in [5.41, 5.74) is 5.72. The number of nitrogens with zero attached hydrogens (tertiary/aromatic N) is 1. The van der Waals surface area contributed by atoms with Gasteiger partial charge in [0.2, 0.25) is 0 Å². The summed E-state index contributed by atoms with van der Waals surface area (Å²) < 4.78 is 0. The molecule has 2 N–H and O–H groups in total. The molecule has 3 atom stereocenters. The third kappa shape index (κ3) is 3.18. The summed E-state index contributed by atoms with van der Waals surface area (Å²) in [5, 5.41) is 0. The summed E-state index contributed by atoms with van der Waals surface area (Å²) in [6.07, 6.45) is 7.18. The molecule has 2 rings (SSSR count). The minimum absolute atomic E-state index is 0.783. The first-order valence-electron chi connectivity index (χ1n) is 6.70. The molecular weight excluding hydrogens is 184 g/mol. The van der Waals surface area contributed by atoms with Crippen LogP contribution in [0, 0.1) is 17.8 Å². The Kier molecular flexibility index (Phi) is 4.04. The van der Waals surface area contributed by atoms with E-state index in [0.29, 0.717) is 0 Å². The van der Waals surface area contributed by atoms with E-state index in [1.54, 1.807) is 0 Å². The molecule has 1 aliphatic carbocycles. The Labute approximate surface area is 94.2 Å². The zero-order valence-electron chi connectivity index (χ0n) is 10.1. The highest BCUT2D eigenvalue weighted by Gasteiger charge is 2.25. The van der Waals surface area contributed by atoms with Gasteiger partial charge in [-0.3, -0.25) is 0 Å². The van der Waals surface area contributed by atoms with Crippen molar-refractivity contribution in [2.45, 2.75) is 39.0 Å². The van der Waals surface area contributed by atoms with Crippen LogP contribution in [0.2, 0.25) is 0 Å². The van der Waals surface area contributed by atoms with Gasteiger partial charge in [-0.05, 0) is 50.1 Å². The molecule has 0 aromatic carbocycles. The number of hydrogen-bond acceptors (Lipinski definition) is 2. The van der Waals surface area contributed by atoms with Crippen LogP contribution in [0.4, 0.5) is 0 Å². The van der Waals surface area contributed by atoms with E-state index in [1.807, 2.05) is 0 Å². The Hall–Kier alpha value is -0.0800. The van der Waals surface area contributed by atoms with E-state index in [-0.39, 0.29) is 0 Å². The Morgan fingerprint density at radius 3 is 2.73 bits per heavy atom. The molecule has 0 amide bonds. The summed E-state index contributed by atoms with van der Waals surface area (Å²) in [7, 11) is 0. The Balaban J connectivity index is 1.72. The normalized spacial score (nSPS) is 38.4. The number of rotatable bonds is 3. The maximum absolute atomic E-state index is 5.72. The fraction of sp³-hybridized carbons (Fsp3) is 1.00. The highest BCUT2D eigenvalue weighted by molar-refractivity contribution is 4.80. The van der Waals surface area contributed by atoms with Crippen LogP contribution in [0.25, 0.3) is 0 Å². The van der Waals surface area contributed by atoms with E-state index in [1.165, 1.54) is 51.7 Å². The van der Waals surface area contributed by atoms with Crippen LogP contribution in [0.1, 0.15) is 39.0 Å². The second kappa shape index (κ2) is 5.31. The third-order valence-corrected chi connectivity index (χ3v) is 4.26. The molecule has 1 aliphatic heterocycles. The van der Waals surface area contributed by atoms with Gasteiger partial charge in [0.05, 0.1) is 0 Å². The van der Waals surface area contributed by atoms with Gasteiger partial charge in [-0.1, -0.05) is 19.8 Å². The van der Waals surface area contributed by atoms with Crippen molar-refractivity contribution in [1.29, 1.82) is 0 Å². The zero-order valence-corrected chi connectivity index (χ0v) is 10.1. The van der Waals surface area contributed by atoms with Crippen molar-refractivity contribution >= 4 is 0 Å². The topological polar surface area (TPSA) is 29.3 Å². The van der Waals surface area contributed by atoms with E-state index >= 15 is 0 Å². The average Bonchev–Trinajstić information content (AvgIpc) is 2.65. The number of nitrogens with two attached hydrogens (primary N) is 1. The first-order valence-corrected chi connectivity index (χ1v) is 6.70. The fourth-order valence-corrected chi connectivity index (χ4v) is 3.36. The first-order chi connectivity index (χ1) is 7.28. The zero-order chi connectivity index (χ0) is 10.7. The molecule has 2 aliphatic rings. The molecule has 2 heteroatoms. The Morgan fingerprint density at radius 2 is 2.07 bits per heavy atom. The summed E-state index contributed by atoms with van der Waals surface area (Å²) in [4.78, 5) is 2.65. The van der Waals surface area contributed by atoms with Crippen molar-refractivity contribution in [2.75, 3.05) is 26.2 Å². The van der Waals surface area contributed by atoms with Gasteiger partial charge in [-0.25, -0.2) is 0 Å². The number of hydrogen-bond donors (Lipinski definition) is 1. The maximum Gasteiger partial charge on any atom is 0.00223 e. The second-order valence-corrected chi connectivity index (χ2v) is 5.79. The third-order valence-electron chi connectivity index (χ3n) is 4.26. The summed E-state index contributed by atoms with van der Waals surface area (Å²) in [6.45, 7) is 7.21. The number of likely N-dealkylation sites (tertiary alicyclic amines) is 1. The van der Waals surface area contributed by atoms with Crippen LogP contribution in [-0.4, -0.2) is 31.1 Å². The van der Waals surface area contributed by atoms with Crippen molar-refractivity contribution in [3.63, 3.8) is 0 Å². The minimum atomic E-state index is 0.783. The minimum Gasteiger partial charge on any atom is -0.330 e. The highest BCUT2D eigenvalue weighted by Crippen LogP contribution is 2.30. The first kappa shape index (κ1) is 11.4. The molecule has 3 unspecified atom stereocenters. The molecule has 15 heavy (non-hydrogen) atoms. The van der Waals surface area contributed by atoms with Crippen LogP contribution in [0.15, 0.2) is 0 Å². The molecule has 0 aromatic heterocycles. The second-order valence-electron chi connectivity index (χ2n) is 5.79. The van der Waals surface area contributed by atoms with E-state index in [9.17, 15) is 0 Å². The molecule has 1 saturated heterocycles. The lowest BCUT2D eigenvalue weighted by molar-refractivity contribution is 0.200. The lowest BCUT2D eigenvalue weighted by Crippen LogP contribution is -2.30. The van der Waals surface area contributed by atoms with Crippen molar-refractivity contribution in [1.82, 2.24) is 4.90 Å². The smallest absolute Gasteiger partial charge is 0.00223 e. The molecule has 1 heterocycles. The van der Waals surface area contributed by atoms with E-state index in [0.717, 1.165) is 24.3 Å². The van der Waals surface area contributed by atoms with Crippen LogP contribution in [0.5, 0.6) is 0 Å². The van der Waals surface area contributed by atoms with Gasteiger partial charge in [0.1, 0.15) is 0 Å². The molecule has 2 fully saturated rings. The van der Waals surface area contributed by atoms with Crippen LogP contribution >= 0.6 is 0 Å². The average molecular weight is 210 g/mol. The van der Waals surface area contributed by atoms with Crippen LogP contribution < -0.4 is 5.73 Å². The van der Waals surface area contributed by atoms with Crippen molar-refractivity contribution in [3.8, 4) is 0 Å². The lowest BCUT2D eigenvalue weighted by Gasteiger charge is -2.30. The van der Waals surface area contributed by atoms with Crippen LogP contribution in [-0.2, 0) is 0 Å². The Morgan fingerprint density at radius 1 is 1.20 bits per heavy atom. The standard InChI is InChI=1S/C13H26N2/c1-11-3-2-4-12(7-11)9-15-6-5-13(8-14)10-15/h11-13H,2-10,14H2,1H3. The van der Waals surface area contributed by atoms with E-state index in [4.69, 9.17) is 5.73 Å². The maximum atomic E-state index is 5.72. The van der Waals surface area contributed by atoms with Gasteiger partial charge in [-0.15, -0.1) is 0 Å². The molecule has 0 bridgehead atoms. The monoisotopic (exact) mass is 210 g/mol. The molecule has 2 nitrogen and oxygen atoms in total. The van der Waals surface area contributed by atoms with Gasteiger partial charge >= 0.3 is 0 Å². The molecule has 1 saturated carbocycles. The van der Waals surface area contributed by atoms with Gasteiger partial charge in [0.15, 0.2) is 0 Å². The predicted octanol–water partition coefficient (Wildman–Crippen LogP) is 2.09. The SMILES string of the molecule is CC1CCCC(CN2CCC(CN)C2)C1. The quantitative estimate of drug-likeness (QED) is 0.773. The predicted molar refractivity (Wildman–Crippen MR) is 64.7 cm³/mol. The molecule has 0 spiro atoms. The molecule has 0 radical (unpaired) electrons. The van der Waals surface area contributed by atoms with E-state index in [2.05, 4.69) is 11.8 Å². The summed E-state index contributed by atoms with van der Waals surface area (Å²) in [6, 6.07) is 0. The molecule has 0 aromatic rings. The van der Waals surface area contributed by atoms with Crippen molar-refractivity contribution < 1.29 is 0 Å². The van der Waals surface area contributed by atoms with Crippen molar-refractivity contribution in [2.24, 2.45) is 23.5 Å². The summed E-state index contributed by atoms with van der Waals surface area (Å²) in [5.74, 6) is 2.73. The lowest BCUT2D eigenvalue weighted by atomic mass is 9.82. The van der Waals surface area contributed by atoms with E-state index < -0.39 is 0 Å². The largest absolute Gasteiger partial charge is 0.330 e. The van der Waals surface area contributed by atoms with Crippen LogP contribution in [0.3, 0.4) is 0 Å².